The van der Waals surface area contributed by atoms with Crippen molar-refractivity contribution in [3.8, 4) is 0 Å². The standard InChI is InChI=1S/C20H35N/c1-2-21-19-15-11-6-4-3-5-9-13-17(19)18-14-10-7-8-12-16-20(18)21/h5,9,17-20H,2-4,6-8,10-16H2,1H3/b9-5-. The van der Waals surface area contributed by atoms with Crippen LogP contribution >= 0.6 is 0 Å². The highest BCUT2D eigenvalue weighted by Gasteiger charge is 2.46. The van der Waals surface area contributed by atoms with Crippen molar-refractivity contribution < 1.29 is 0 Å². The lowest BCUT2D eigenvalue weighted by molar-refractivity contribution is 0.159. The fraction of sp³-hybridized carbons (Fsp3) is 0.900. The minimum Gasteiger partial charge on any atom is -0.297 e. The molecule has 2 fully saturated rings. The van der Waals surface area contributed by atoms with E-state index < -0.39 is 0 Å². The van der Waals surface area contributed by atoms with Crippen LogP contribution in [0.2, 0.25) is 0 Å². The van der Waals surface area contributed by atoms with Gasteiger partial charge in [-0.25, -0.2) is 0 Å². The van der Waals surface area contributed by atoms with Crippen molar-refractivity contribution in [1.29, 1.82) is 0 Å². The molecule has 0 aromatic rings. The van der Waals surface area contributed by atoms with Crippen molar-refractivity contribution in [1.82, 2.24) is 4.90 Å². The van der Waals surface area contributed by atoms with Gasteiger partial charge in [-0.1, -0.05) is 57.6 Å². The van der Waals surface area contributed by atoms with E-state index in [2.05, 4.69) is 24.0 Å². The summed E-state index contributed by atoms with van der Waals surface area (Å²) < 4.78 is 0. The molecule has 1 saturated carbocycles. The summed E-state index contributed by atoms with van der Waals surface area (Å²) in [6.07, 6.45) is 22.4. The van der Waals surface area contributed by atoms with E-state index in [-0.39, 0.29) is 0 Å². The molecule has 0 amide bonds. The minimum absolute atomic E-state index is 0.894. The molecule has 2 aliphatic carbocycles. The van der Waals surface area contributed by atoms with Crippen molar-refractivity contribution >= 4 is 0 Å². The number of hydrogen-bond donors (Lipinski definition) is 0. The smallest absolute Gasteiger partial charge is 0.0133 e. The SMILES string of the molecule is CCN1C2CCCCC/C=C\CC2C2CCCCCCC21. The molecule has 0 bridgehead atoms. The van der Waals surface area contributed by atoms with Crippen LogP contribution in [0.15, 0.2) is 12.2 Å². The second-order valence-corrected chi connectivity index (χ2v) is 7.63. The van der Waals surface area contributed by atoms with Crippen LogP contribution in [-0.4, -0.2) is 23.5 Å². The van der Waals surface area contributed by atoms with Gasteiger partial charge in [-0.2, -0.15) is 0 Å². The Labute approximate surface area is 132 Å². The van der Waals surface area contributed by atoms with Crippen LogP contribution in [0.5, 0.6) is 0 Å². The van der Waals surface area contributed by atoms with Gasteiger partial charge in [0.2, 0.25) is 0 Å². The molecule has 1 nitrogen and oxygen atoms in total. The highest BCUT2D eigenvalue weighted by atomic mass is 15.2. The molecular formula is C20H35N. The van der Waals surface area contributed by atoms with E-state index in [0.717, 1.165) is 23.9 Å². The Kier molecular flexibility index (Phi) is 5.80. The normalized spacial score (nSPS) is 40.6. The maximum Gasteiger partial charge on any atom is 0.0133 e. The van der Waals surface area contributed by atoms with Crippen molar-refractivity contribution in [2.45, 2.75) is 96.1 Å². The summed E-state index contributed by atoms with van der Waals surface area (Å²) in [6.45, 7) is 3.69. The van der Waals surface area contributed by atoms with Crippen LogP contribution in [0, 0.1) is 11.8 Å². The Hall–Kier alpha value is -0.300. The molecule has 1 heterocycles. The molecular weight excluding hydrogens is 254 g/mol. The molecule has 4 unspecified atom stereocenters. The third-order valence-electron chi connectivity index (χ3n) is 6.49. The maximum absolute atomic E-state index is 2.94. The average Bonchev–Trinajstić information content (AvgIpc) is 2.75. The zero-order valence-electron chi connectivity index (χ0n) is 14.1. The second kappa shape index (κ2) is 7.81. The van der Waals surface area contributed by atoms with E-state index in [1.165, 1.54) is 83.6 Å². The van der Waals surface area contributed by atoms with Gasteiger partial charge in [0.1, 0.15) is 0 Å². The second-order valence-electron chi connectivity index (χ2n) is 7.63. The molecule has 0 N–H and O–H groups in total. The number of allylic oxidation sites excluding steroid dienone is 2. The summed E-state index contributed by atoms with van der Waals surface area (Å²) in [6, 6.07) is 1.81. The first-order chi connectivity index (χ1) is 10.4. The van der Waals surface area contributed by atoms with Crippen LogP contribution in [0.1, 0.15) is 84.0 Å². The molecule has 0 aromatic heterocycles. The lowest BCUT2D eigenvalue weighted by Gasteiger charge is -2.31. The summed E-state index contributed by atoms with van der Waals surface area (Å²) in [5.41, 5.74) is 0. The topological polar surface area (TPSA) is 3.24 Å². The van der Waals surface area contributed by atoms with E-state index >= 15 is 0 Å². The highest BCUT2D eigenvalue weighted by Crippen LogP contribution is 2.45. The summed E-state index contributed by atoms with van der Waals surface area (Å²) >= 11 is 0. The van der Waals surface area contributed by atoms with Gasteiger partial charge in [0.05, 0.1) is 0 Å². The largest absolute Gasteiger partial charge is 0.297 e. The van der Waals surface area contributed by atoms with Gasteiger partial charge in [0.25, 0.3) is 0 Å². The third kappa shape index (κ3) is 3.55. The van der Waals surface area contributed by atoms with Crippen molar-refractivity contribution in [2.24, 2.45) is 11.8 Å². The lowest BCUT2D eigenvalue weighted by Crippen LogP contribution is -2.38. The molecule has 0 spiro atoms. The first kappa shape index (κ1) is 15.6. The maximum atomic E-state index is 2.94. The van der Waals surface area contributed by atoms with Crippen LogP contribution in [0.3, 0.4) is 0 Å². The van der Waals surface area contributed by atoms with E-state index in [0.29, 0.717) is 0 Å². The van der Waals surface area contributed by atoms with E-state index in [1.54, 1.807) is 0 Å². The van der Waals surface area contributed by atoms with E-state index in [1.807, 2.05) is 0 Å². The molecule has 120 valence electrons. The average molecular weight is 290 g/mol. The highest BCUT2D eigenvalue weighted by molar-refractivity contribution is 5.02. The first-order valence-electron chi connectivity index (χ1n) is 9.82. The summed E-state index contributed by atoms with van der Waals surface area (Å²) in [5.74, 6) is 1.96. The van der Waals surface area contributed by atoms with Crippen molar-refractivity contribution in [2.75, 3.05) is 6.54 Å². The Morgan fingerprint density at radius 2 is 1.43 bits per heavy atom. The van der Waals surface area contributed by atoms with Crippen LogP contribution < -0.4 is 0 Å². The van der Waals surface area contributed by atoms with Crippen molar-refractivity contribution in [3.63, 3.8) is 0 Å². The Bertz CT molecular complexity index is 335. The molecule has 3 rings (SSSR count). The molecule has 4 atom stereocenters. The monoisotopic (exact) mass is 289 g/mol. The van der Waals surface area contributed by atoms with Gasteiger partial charge < -0.3 is 0 Å². The summed E-state index contributed by atoms with van der Waals surface area (Å²) in [4.78, 5) is 2.94. The van der Waals surface area contributed by atoms with Crippen LogP contribution in [-0.2, 0) is 0 Å². The number of rotatable bonds is 1. The summed E-state index contributed by atoms with van der Waals surface area (Å²) in [7, 11) is 0. The zero-order chi connectivity index (χ0) is 14.5. The lowest BCUT2D eigenvalue weighted by atomic mass is 9.77. The number of likely N-dealkylation sites (tertiary alicyclic amines) is 1. The first-order valence-corrected chi connectivity index (χ1v) is 9.82. The molecule has 0 aromatic carbocycles. The summed E-state index contributed by atoms with van der Waals surface area (Å²) in [5, 5.41) is 0. The fourth-order valence-corrected chi connectivity index (χ4v) is 5.53. The van der Waals surface area contributed by atoms with Gasteiger partial charge in [0.15, 0.2) is 0 Å². The number of fused-ring (bicyclic) bond motifs is 3. The van der Waals surface area contributed by atoms with Crippen molar-refractivity contribution in [3.05, 3.63) is 12.2 Å². The molecule has 21 heavy (non-hydrogen) atoms. The van der Waals surface area contributed by atoms with Gasteiger partial charge in [0, 0.05) is 12.1 Å². The third-order valence-corrected chi connectivity index (χ3v) is 6.49. The molecule has 1 heteroatoms. The van der Waals surface area contributed by atoms with Gasteiger partial charge in [-0.15, -0.1) is 0 Å². The zero-order valence-corrected chi connectivity index (χ0v) is 14.1. The minimum atomic E-state index is 0.894. The van der Waals surface area contributed by atoms with Crippen LogP contribution in [0.25, 0.3) is 0 Å². The Balaban J connectivity index is 1.80. The van der Waals surface area contributed by atoms with Crippen LogP contribution in [0.4, 0.5) is 0 Å². The predicted octanol–water partition coefficient (Wildman–Crippen LogP) is 5.56. The molecule has 3 aliphatic rings. The molecule has 1 saturated heterocycles. The number of hydrogen-bond acceptors (Lipinski definition) is 1. The van der Waals surface area contributed by atoms with Gasteiger partial charge in [-0.3, -0.25) is 4.90 Å². The molecule has 0 radical (unpaired) electrons. The Morgan fingerprint density at radius 3 is 2.19 bits per heavy atom. The van der Waals surface area contributed by atoms with Gasteiger partial charge in [-0.05, 0) is 56.9 Å². The quantitative estimate of drug-likeness (QED) is 0.571. The van der Waals surface area contributed by atoms with Gasteiger partial charge >= 0.3 is 0 Å². The predicted molar refractivity (Wildman–Crippen MR) is 91.5 cm³/mol. The number of nitrogens with zero attached hydrogens (tertiary/aromatic N) is 1. The van der Waals surface area contributed by atoms with E-state index in [9.17, 15) is 0 Å². The fourth-order valence-electron chi connectivity index (χ4n) is 5.53. The Morgan fingerprint density at radius 1 is 0.762 bits per heavy atom. The molecule has 1 aliphatic heterocycles. The van der Waals surface area contributed by atoms with E-state index in [4.69, 9.17) is 0 Å².